The first kappa shape index (κ1) is 19.2. The molecule has 2 atom stereocenters. The van der Waals surface area contributed by atoms with Crippen LogP contribution in [0.5, 0.6) is 5.75 Å². The van der Waals surface area contributed by atoms with Crippen LogP contribution in [0.4, 0.5) is 0 Å². The van der Waals surface area contributed by atoms with Crippen LogP contribution in [-0.2, 0) is 5.60 Å². The molecular formula is C16H26N2O5. The molecule has 2 N–H and O–H groups in total. The van der Waals surface area contributed by atoms with Gasteiger partial charge in [0.25, 0.3) is 5.09 Å². The zero-order valence-electron chi connectivity index (χ0n) is 13.9. The van der Waals surface area contributed by atoms with E-state index >= 15 is 0 Å². The van der Waals surface area contributed by atoms with E-state index in [9.17, 15) is 5.11 Å². The molecular weight excluding hydrogens is 300 g/mol. The van der Waals surface area contributed by atoms with Crippen LogP contribution in [0, 0.1) is 16.0 Å². The highest BCUT2D eigenvalue weighted by atomic mass is 16.9. The van der Waals surface area contributed by atoms with Gasteiger partial charge in [-0.2, -0.15) is 0 Å². The van der Waals surface area contributed by atoms with E-state index in [-0.39, 0.29) is 0 Å². The number of rotatable bonds is 4. The molecule has 1 fully saturated rings. The van der Waals surface area contributed by atoms with Crippen molar-refractivity contribution in [3.8, 4) is 5.75 Å². The summed E-state index contributed by atoms with van der Waals surface area (Å²) in [5.74, 6) is 1.11. The highest BCUT2D eigenvalue weighted by Crippen LogP contribution is 2.42. The van der Waals surface area contributed by atoms with Gasteiger partial charge in [-0.1, -0.05) is 25.0 Å². The fourth-order valence-electron chi connectivity index (χ4n) is 3.18. The van der Waals surface area contributed by atoms with E-state index in [1.165, 1.54) is 6.42 Å². The van der Waals surface area contributed by atoms with Gasteiger partial charge < -0.3 is 20.0 Å². The van der Waals surface area contributed by atoms with Crippen LogP contribution in [0.15, 0.2) is 24.3 Å². The third-order valence-corrected chi connectivity index (χ3v) is 4.19. The molecule has 0 aromatic heterocycles. The van der Waals surface area contributed by atoms with Gasteiger partial charge in [-0.3, -0.25) is 0 Å². The Hall–Kier alpha value is -1.86. The maximum absolute atomic E-state index is 11.2. The minimum Gasteiger partial charge on any atom is -0.497 e. The van der Waals surface area contributed by atoms with Crippen molar-refractivity contribution in [3.05, 3.63) is 39.9 Å². The summed E-state index contributed by atoms with van der Waals surface area (Å²) in [6, 6.07) is 7.90. The third-order valence-electron chi connectivity index (χ3n) is 4.19. The average Bonchev–Trinajstić information content (AvgIpc) is 2.49. The molecule has 1 aliphatic rings. The highest BCUT2D eigenvalue weighted by Gasteiger charge is 2.40. The Kier molecular flexibility index (Phi) is 7.25. The fourth-order valence-corrected chi connectivity index (χ4v) is 3.18. The summed E-state index contributed by atoms with van der Waals surface area (Å²) < 4.78 is 5.29. The first-order chi connectivity index (χ1) is 10.8. The molecule has 0 unspecified atom stereocenters. The normalized spacial score (nSPS) is 23.8. The summed E-state index contributed by atoms with van der Waals surface area (Å²) in [6.45, 7) is 0.924. The molecule has 23 heavy (non-hydrogen) atoms. The molecule has 130 valence electrons. The van der Waals surface area contributed by atoms with Crippen molar-refractivity contribution in [2.45, 2.75) is 31.3 Å². The van der Waals surface area contributed by atoms with E-state index in [0.29, 0.717) is 5.92 Å². The second-order valence-electron chi connectivity index (χ2n) is 6.10. The van der Waals surface area contributed by atoms with Crippen molar-refractivity contribution < 1.29 is 20.1 Å². The number of ether oxygens (including phenoxy) is 1. The van der Waals surface area contributed by atoms with Crippen molar-refractivity contribution >= 4 is 0 Å². The molecule has 1 aromatic carbocycles. The highest BCUT2D eigenvalue weighted by molar-refractivity contribution is 5.33. The molecule has 7 heteroatoms. The van der Waals surface area contributed by atoms with Gasteiger partial charge in [0, 0.05) is 12.5 Å². The van der Waals surface area contributed by atoms with E-state index in [1.54, 1.807) is 7.11 Å². The van der Waals surface area contributed by atoms with E-state index in [0.717, 1.165) is 37.1 Å². The minimum atomic E-state index is -1.50. The first-order valence-corrected chi connectivity index (χ1v) is 7.64. The van der Waals surface area contributed by atoms with Gasteiger partial charge in [0.15, 0.2) is 0 Å². The third kappa shape index (κ3) is 5.69. The summed E-state index contributed by atoms with van der Waals surface area (Å²) >= 11 is 0. The Morgan fingerprint density at radius 3 is 2.65 bits per heavy atom. The van der Waals surface area contributed by atoms with Crippen LogP contribution in [0.2, 0.25) is 0 Å². The predicted octanol–water partition coefficient (Wildman–Crippen LogP) is 2.29. The SMILES string of the molecule is COc1cccc([C@@]2(O)CCCC[C@@H]2CN(C)C)c1.O=[N+]([O-])O. The summed E-state index contributed by atoms with van der Waals surface area (Å²) in [5, 5.41) is 24.8. The molecule has 0 radical (unpaired) electrons. The van der Waals surface area contributed by atoms with Gasteiger partial charge in [-0.15, -0.1) is 10.1 Å². The predicted molar refractivity (Wildman–Crippen MR) is 86.2 cm³/mol. The van der Waals surface area contributed by atoms with Crippen molar-refractivity contribution in [2.75, 3.05) is 27.7 Å². The molecule has 2 rings (SSSR count). The van der Waals surface area contributed by atoms with Crippen LogP contribution in [-0.4, -0.2) is 48.1 Å². The molecule has 1 aliphatic carbocycles. The number of hydrogen-bond acceptors (Lipinski definition) is 5. The largest absolute Gasteiger partial charge is 0.497 e. The maximum atomic E-state index is 11.2. The van der Waals surface area contributed by atoms with E-state index in [1.807, 2.05) is 24.3 Å². The number of hydrogen-bond donors (Lipinski definition) is 2. The lowest BCUT2D eigenvalue weighted by molar-refractivity contribution is -0.742. The van der Waals surface area contributed by atoms with Crippen molar-refractivity contribution in [2.24, 2.45) is 5.92 Å². The Morgan fingerprint density at radius 1 is 1.43 bits per heavy atom. The minimum absolute atomic E-state index is 0.295. The van der Waals surface area contributed by atoms with Gasteiger partial charge in [-0.25, -0.2) is 0 Å². The van der Waals surface area contributed by atoms with E-state index in [4.69, 9.17) is 20.1 Å². The zero-order valence-corrected chi connectivity index (χ0v) is 13.9. The van der Waals surface area contributed by atoms with Crippen LogP contribution in [0.3, 0.4) is 0 Å². The molecule has 1 saturated carbocycles. The lowest BCUT2D eigenvalue weighted by Crippen LogP contribution is -2.43. The lowest BCUT2D eigenvalue weighted by Gasteiger charge is -2.41. The zero-order chi connectivity index (χ0) is 17.5. The number of benzene rings is 1. The van der Waals surface area contributed by atoms with Crippen LogP contribution in [0.1, 0.15) is 31.2 Å². The second-order valence-corrected chi connectivity index (χ2v) is 6.10. The summed E-state index contributed by atoms with van der Waals surface area (Å²) in [6.07, 6.45) is 4.24. The topological polar surface area (TPSA) is 96.1 Å². The smallest absolute Gasteiger partial charge is 0.291 e. The molecule has 0 amide bonds. The Morgan fingerprint density at radius 2 is 2.09 bits per heavy atom. The van der Waals surface area contributed by atoms with E-state index < -0.39 is 10.7 Å². The molecule has 0 spiro atoms. The van der Waals surface area contributed by atoms with Crippen LogP contribution < -0.4 is 4.74 Å². The number of nitrogens with zero attached hydrogens (tertiary/aromatic N) is 2. The number of aliphatic hydroxyl groups is 1. The molecule has 0 heterocycles. The van der Waals surface area contributed by atoms with Crippen molar-refractivity contribution in [3.63, 3.8) is 0 Å². The van der Waals surface area contributed by atoms with Crippen molar-refractivity contribution in [1.29, 1.82) is 0 Å². The quantitative estimate of drug-likeness (QED) is 0.651. The molecule has 7 nitrogen and oxygen atoms in total. The van der Waals surface area contributed by atoms with Gasteiger partial charge in [0.05, 0.1) is 12.7 Å². The summed E-state index contributed by atoms with van der Waals surface area (Å²) in [4.78, 5) is 10.5. The van der Waals surface area contributed by atoms with Crippen molar-refractivity contribution in [1.82, 2.24) is 4.90 Å². The molecule has 0 bridgehead atoms. The molecule has 0 saturated heterocycles. The Balaban J connectivity index is 0.000000593. The Labute approximate surface area is 136 Å². The standard InChI is InChI=1S/C16H25NO2.HNO3/c1-17(2)12-14-7-4-5-10-16(14,18)13-8-6-9-15(11-13)19-3;2-1(3)4/h6,8-9,11,14,18H,4-5,7,10,12H2,1-3H3;(H,2,3,4)/t14-,16+;/m1./s1. The van der Waals surface area contributed by atoms with Gasteiger partial charge in [0.2, 0.25) is 0 Å². The van der Waals surface area contributed by atoms with Gasteiger partial charge in [0.1, 0.15) is 5.75 Å². The van der Waals surface area contributed by atoms with E-state index in [2.05, 4.69) is 19.0 Å². The summed E-state index contributed by atoms with van der Waals surface area (Å²) in [7, 11) is 5.81. The van der Waals surface area contributed by atoms with Gasteiger partial charge in [-0.05, 0) is 44.6 Å². The maximum Gasteiger partial charge on any atom is 0.291 e. The fraction of sp³-hybridized carbons (Fsp3) is 0.625. The first-order valence-electron chi connectivity index (χ1n) is 7.64. The monoisotopic (exact) mass is 326 g/mol. The van der Waals surface area contributed by atoms with Crippen LogP contribution in [0.25, 0.3) is 0 Å². The Bertz CT molecular complexity index is 505. The second kappa shape index (κ2) is 8.69. The molecule has 0 aliphatic heterocycles. The molecule has 1 aromatic rings. The number of methoxy groups -OCH3 is 1. The average molecular weight is 326 g/mol. The summed E-state index contributed by atoms with van der Waals surface area (Å²) in [5.41, 5.74) is 0.287. The van der Waals surface area contributed by atoms with Gasteiger partial charge >= 0.3 is 0 Å². The lowest BCUT2D eigenvalue weighted by atomic mass is 9.71. The van der Waals surface area contributed by atoms with Crippen LogP contribution >= 0.6 is 0 Å².